The van der Waals surface area contributed by atoms with Crippen LogP contribution in [0.2, 0.25) is 0 Å². The molecular weight excluding hydrogens is 136 g/mol. The molecule has 0 aromatic carbocycles. The van der Waals surface area contributed by atoms with Crippen LogP contribution in [0.1, 0.15) is 33.1 Å². The molecule has 0 radical (unpaired) electrons. The van der Waals surface area contributed by atoms with Gasteiger partial charge in [0, 0.05) is 18.6 Å². The first-order chi connectivity index (χ1) is 5.24. The molecule has 0 aromatic rings. The lowest BCUT2D eigenvalue weighted by atomic mass is 10.1. The van der Waals surface area contributed by atoms with E-state index in [1.807, 2.05) is 0 Å². The molecule has 11 heavy (non-hydrogen) atoms. The monoisotopic (exact) mass is 156 g/mol. The zero-order chi connectivity index (χ0) is 8.27. The predicted molar refractivity (Wildman–Crippen MR) is 48.5 cm³/mol. The second kappa shape index (κ2) is 4.07. The maximum atomic E-state index is 5.75. The van der Waals surface area contributed by atoms with Gasteiger partial charge in [-0.1, -0.05) is 6.92 Å². The number of hydrogen-bond acceptors (Lipinski definition) is 2. The SMILES string of the molecule is CCC1CCCN1C[C@@H](C)N. The average Bonchev–Trinajstić information content (AvgIpc) is 2.34. The minimum atomic E-state index is 0.335. The van der Waals surface area contributed by atoms with Gasteiger partial charge in [0.2, 0.25) is 0 Å². The zero-order valence-corrected chi connectivity index (χ0v) is 7.71. The Morgan fingerprint density at radius 1 is 1.64 bits per heavy atom. The van der Waals surface area contributed by atoms with Crippen LogP contribution in [0.15, 0.2) is 0 Å². The van der Waals surface area contributed by atoms with Gasteiger partial charge in [0.05, 0.1) is 0 Å². The Balaban J connectivity index is 2.31. The first-order valence-corrected chi connectivity index (χ1v) is 4.73. The van der Waals surface area contributed by atoms with Crippen molar-refractivity contribution in [3.8, 4) is 0 Å². The Bertz CT molecular complexity index is 112. The van der Waals surface area contributed by atoms with Crippen molar-refractivity contribution in [1.82, 2.24) is 4.90 Å². The highest BCUT2D eigenvalue weighted by atomic mass is 15.2. The van der Waals surface area contributed by atoms with Gasteiger partial charge in [0.25, 0.3) is 0 Å². The molecule has 2 atom stereocenters. The molecule has 1 saturated heterocycles. The van der Waals surface area contributed by atoms with E-state index in [1.165, 1.54) is 25.8 Å². The fourth-order valence-electron chi connectivity index (χ4n) is 1.97. The van der Waals surface area contributed by atoms with Crippen LogP contribution in [-0.4, -0.2) is 30.1 Å². The number of nitrogens with zero attached hydrogens (tertiary/aromatic N) is 1. The minimum Gasteiger partial charge on any atom is -0.327 e. The van der Waals surface area contributed by atoms with Crippen LogP contribution < -0.4 is 5.73 Å². The van der Waals surface area contributed by atoms with Crippen LogP contribution in [-0.2, 0) is 0 Å². The molecule has 0 amide bonds. The lowest BCUT2D eigenvalue weighted by Crippen LogP contribution is -2.38. The van der Waals surface area contributed by atoms with E-state index in [2.05, 4.69) is 18.7 Å². The molecule has 1 aliphatic heterocycles. The van der Waals surface area contributed by atoms with E-state index in [9.17, 15) is 0 Å². The number of hydrogen-bond donors (Lipinski definition) is 1. The number of rotatable bonds is 3. The molecule has 0 saturated carbocycles. The Kier molecular flexibility index (Phi) is 3.34. The summed E-state index contributed by atoms with van der Waals surface area (Å²) in [6.07, 6.45) is 4.03. The predicted octanol–water partition coefficient (Wildman–Crippen LogP) is 1.21. The van der Waals surface area contributed by atoms with Gasteiger partial charge in [-0.05, 0) is 32.7 Å². The standard InChI is InChI=1S/C9H20N2/c1-3-9-5-4-6-11(9)7-8(2)10/h8-9H,3-7,10H2,1-2H3/t8-,9?/m1/s1. The summed E-state index contributed by atoms with van der Waals surface area (Å²) in [5, 5.41) is 0. The van der Waals surface area contributed by atoms with Gasteiger partial charge in [-0.15, -0.1) is 0 Å². The number of nitrogens with two attached hydrogens (primary N) is 1. The Hall–Kier alpha value is -0.0800. The molecule has 0 spiro atoms. The molecule has 1 unspecified atom stereocenters. The average molecular weight is 156 g/mol. The maximum absolute atomic E-state index is 5.75. The number of likely N-dealkylation sites (tertiary alicyclic amines) is 1. The molecule has 1 fully saturated rings. The van der Waals surface area contributed by atoms with Crippen molar-refractivity contribution in [2.45, 2.75) is 45.2 Å². The van der Waals surface area contributed by atoms with Gasteiger partial charge < -0.3 is 5.73 Å². The summed E-state index contributed by atoms with van der Waals surface area (Å²) in [7, 11) is 0. The molecule has 2 N–H and O–H groups in total. The fourth-order valence-corrected chi connectivity index (χ4v) is 1.97. The summed E-state index contributed by atoms with van der Waals surface area (Å²) in [5.74, 6) is 0. The van der Waals surface area contributed by atoms with Gasteiger partial charge in [-0.2, -0.15) is 0 Å². The van der Waals surface area contributed by atoms with Crippen LogP contribution in [0.4, 0.5) is 0 Å². The van der Waals surface area contributed by atoms with Crippen molar-refractivity contribution in [2.24, 2.45) is 5.73 Å². The normalized spacial score (nSPS) is 29.2. The van der Waals surface area contributed by atoms with Crippen LogP contribution in [0.25, 0.3) is 0 Å². The second-order valence-corrected chi connectivity index (χ2v) is 3.68. The van der Waals surface area contributed by atoms with Gasteiger partial charge in [-0.25, -0.2) is 0 Å². The molecule has 1 rings (SSSR count). The highest BCUT2D eigenvalue weighted by molar-refractivity contribution is 4.79. The first kappa shape index (κ1) is 9.01. The van der Waals surface area contributed by atoms with E-state index >= 15 is 0 Å². The van der Waals surface area contributed by atoms with Crippen molar-refractivity contribution in [3.63, 3.8) is 0 Å². The third kappa shape index (κ3) is 2.46. The van der Waals surface area contributed by atoms with Crippen LogP contribution in [0.5, 0.6) is 0 Å². The first-order valence-electron chi connectivity index (χ1n) is 4.73. The summed E-state index contributed by atoms with van der Waals surface area (Å²) < 4.78 is 0. The molecule has 0 aromatic heterocycles. The molecule has 2 nitrogen and oxygen atoms in total. The van der Waals surface area contributed by atoms with Gasteiger partial charge in [0.15, 0.2) is 0 Å². The van der Waals surface area contributed by atoms with E-state index in [0.717, 1.165) is 12.6 Å². The van der Waals surface area contributed by atoms with E-state index in [1.54, 1.807) is 0 Å². The Morgan fingerprint density at radius 3 is 2.91 bits per heavy atom. The Labute approximate surface area is 69.8 Å². The van der Waals surface area contributed by atoms with Crippen molar-refractivity contribution in [3.05, 3.63) is 0 Å². The van der Waals surface area contributed by atoms with Crippen molar-refractivity contribution >= 4 is 0 Å². The highest BCUT2D eigenvalue weighted by Crippen LogP contribution is 2.19. The molecule has 66 valence electrons. The third-order valence-electron chi connectivity index (χ3n) is 2.49. The summed E-state index contributed by atoms with van der Waals surface area (Å²) in [4.78, 5) is 2.53. The van der Waals surface area contributed by atoms with E-state index in [0.29, 0.717) is 6.04 Å². The zero-order valence-electron chi connectivity index (χ0n) is 7.71. The quantitative estimate of drug-likeness (QED) is 0.665. The Morgan fingerprint density at radius 2 is 2.36 bits per heavy atom. The lowest BCUT2D eigenvalue weighted by Gasteiger charge is -2.24. The van der Waals surface area contributed by atoms with E-state index in [4.69, 9.17) is 5.73 Å². The van der Waals surface area contributed by atoms with Crippen molar-refractivity contribution < 1.29 is 0 Å². The topological polar surface area (TPSA) is 29.3 Å². The van der Waals surface area contributed by atoms with Gasteiger partial charge in [0.1, 0.15) is 0 Å². The molecule has 1 heterocycles. The fraction of sp³-hybridized carbons (Fsp3) is 1.00. The summed E-state index contributed by atoms with van der Waals surface area (Å²) in [6.45, 7) is 6.70. The lowest BCUT2D eigenvalue weighted by molar-refractivity contribution is 0.237. The summed E-state index contributed by atoms with van der Waals surface area (Å²) in [5.41, 5.74) is 5.75. The van der Waals surface area contributed by atoms with Gasteiger partial charge >= 0.3 is 0 Å². The van der Waals surface area contributed by atoms with Crippen LogP contribution in [0.3, 0.4) is 0 Å². The molecule has 0 bridgehead atoms. The van der Waals surface area contributed by atoms with Crippen molar-refractivity contribution in [2.75, 3.05) is 13.1 Å². The molecular formula is C9H20N2. The highest BCUT2D eigenvalue weighted by Gasteiger charge is 2.22. The van der Waals surface area contributed by atoms with Crippen molar-refractivity contribution in [1.29, 1.82) is 0 Å². The second-order valence-electron chi connectivity index (χ2n) is 3.68. The minimum absolute atomic E-state index is 0.335. The molecule has 0 aliphatic carbocycles. The molecule has 2 heteroatoms. The van der Waals surface area contributed by atoms with E-state index < -0.39 is 0 Å². The summed E-state index contributed by atoms with van der Waals surface area (Å²) >= 11 is 0. The largest absolute Gasteiger partial charge is 0.327 e. The van der Waals surface area contributed by atoms with Crippen LogP contribution >= 0.6 is 0 Å². The van der Waals surface area contributed by atoms with Crippen LogP contribution in [0, 0.1) is 0 Å². The smallest absolute Gasteiger partial charge is 0.0139 e. The summed E-state index contributed by atoms with van der Waals surface area (Å²) in [6, 6.07) is 1.16. The molecule has 1 aliphatic rings. The third-order valence-corrected chi connectivity index (χ3v) is 2.49. The van der Waals surface area contributed by atoms with E-state index in [-0.39, 0.29) is 0 Å². The maximum Gasteiger partial charge on any atom is 0.0139 e. The van der Waals surface area contributed by atoms with Gasteiger partial charge in [-0.3, -0.25) is 4.90 Å².